The van der Waals surface area contributed by atoms with E-state index < -0.39 is 0 Å². The van der Waals surface area contributed by atoms with Crippen LogP contribution in [0.4, 0.5) is 0 Å². The van der Waals surface area contributed by atoms with Gasteiger partial charge in [-0.2, -0.15) is 0 Å². The number of carbonyl (C=O) groups excluding carboxylic acids is 1. The Bertz CT molecular complexity index is 1240. The molecule has 0 bridgehead atoms. The first kappa shape index (κ1) is 22.0. The van der Waals surface area contributed by atoms with Gasteiger partial charge in [-0.05, 0) is 39.8 Å². The number of para-hydroxylation sites is 1. The van der Waals surface area contributed by atoms with E-state index in [9.17, 15) is 4.79 Å². The lowest BCUT2D eigenvalue weighted by Crippen LogP contribution is -2.36. The average molecular weight is 446 g/mol. The van der Waals surface area contributed by atoms with E-state index in [1.165, 1.54) is 11.8 Å². The number of thioether (sulfide) groups is 1. The van der Waals surface area contributed by atoms with Gasteiger partial charge in [0.2, 0.25) is 5.91 Å². The molecule has 0 radical (unpaired) electrons. The molecular weight excluding hydrogens is 418 g/mol. The molecule has 0 spiro atoms. The van der Waals surface area contributed by atoms with Gasteiger partial charge in [-0.3, -0.25) is 4.79 Å². The molecule has 1 amide bonds. The second kappa shape index (κ2) is 9.53. The molecule has 1 N–H and O–H groups in total. The summed E-state index contributed by atoms with van der Waals surface area (Å²) in [7, 11) is 0. The van der Waals surface area contributed by atoms with Crippen molar-refractivity contribution >= 4 is 28.6 Å². The minimum Gasteiger partial charge on any atom is -0.353 e. The maximum absolute atomic E-state index is 12.4. The normalized spacial score (nSPS) is 12.3. The summed E-state index contributed by atoms with van der Waals surface area (Å²) in [4.78, 5) is 17.3. The lowest BCUT2D eigenvalue weighted by atomic mass is 10.0. The summed E-state index contributed by atoms with van der Waals surface area (Å²) in [5, 5.41) is 13.4. The summed E-state index contributed by atoms with van der Waals surface area (Å²) in [5.41, 5.74) is 3.84. The van der Waals surface area contributed by atoms with Gasteiger partial charge in [-0.1, -0.05) is 60.3 Å². The standard InChI is InChI=1S/C25H27N5OS/c1-5-30-23(28-29-25(30)32-17(4)24(31)26-16(2)3)20-15-22(18-11-7-6-8-12-18)27-21-14-10-9-13-19(20)21/h6-17H,5H2,1-4H3,(H,26,31). The molecule has 0 fully saturated rings. The number of fused-ring (bicyclic) bond motifs is 1. The van der Waals surface area contributed by atoms with Crippen LogP contribution in [0.25, 0.3) is 33.5 Å². The largest absolute Gasteiger partial charge is 0.353 e. The number of carbonyl (C=O) groups is 1. The first-order chi connectivity index (χ1) is 15.5. The van der Waals surface area contributed by atoms with Crippen LogP contribution in [0.3, 0.4) is 0 Å². The molecule has 1 atom stereocenters. The number of hydrogen-bond donors (Lipinski definition) is 1. The lowest BCUT2D eigenvalue weighted by Gasteiger charge is -2.15. The molecule has 7 heteroatoms. The van der Waals surface area contributed by atoms with Crippen LogP contribution >= 0.6 is 11.8 Å². The highest BCUT2D eigenvalue weighted by Gasteiger charge is 2.22. The zero-order valence-electron chi connectivity index (χ0n) is 18.7. The number of pyridine rings is 1. The molecular formula is C25H27N5OS. The predicted molar refractivity (Wildman–Crippen MR) is 130 cm³/mol. The van der Waals surface area contributed by atoms with Crippen LogP contribution in [0, 0.1) is 0 Å². The van der Waals surface area contributed by atoms with Gasteiger partial charge in [0.1, 0.15) is 0 Å². The summed E-state index contributed by atoms with van der Waals surface area (Å²) in [5.74, 6) is 0.778. The summed E-state index contributed by atoms with van der Waals surface area (Å²) < 4.78 is 2.07. The van der Waals surface area contributed by atoms with Crippen LogP contribution in [0.5, 0.6) is 0 Å². The Balaban J connectivity index is 1.78. The third-order valence-corrected chi connectivity index (χ3v) is 6.22. The van der Waals surface area contributed by atoms with E-state index in [1.807, 2.05) is 57.2 Å². The van der Waals surface area contributed by atoms with Gasteiger partial charge in [0.25, 0.3) is 0 Å². The Hall–Kier alpha value is -3.19. The smallest absolute Gasteiger partial charge is 0.233 e. The molecule has 32 heavy (non-hydrogen) atoms. The summed E-state index contributed by atoms with van der Waals surface area (Å²) in [6.45, 7) is 8.57. The number of nitrogens with one attached hydrogen (secondary N) is 1. The second-order valence-electron chi connectivity index (χ2n) is 7.91. The van der Waals surface area contributed by atoms with Crippen molar-refractivity contribution < 1.29 is 4.79 Å². The summed E-state index contributed by atoms with van der Waals surface area (Å²) in [6, 6.07) is 20.4. The summed E-state index contributed by atoms with van der Waals surface area (Å²) in [6.07, 6.45) is 0. The third kappa shape index (κ3) is 4.53. The van der Waals surface area contributed by atoms with E-state index in [0.29, 0.717) is 6.54 Å². The zero-order valence-corrected chi connectivity index (χ0v) is 19.6. The molecule has 0 aliphatic carbocycles. The molecule has 0 aliphatic heterocycles. The van der Waals surface area contributed by atoms with Crippen LogP contribution in [0.15, 0.2) is 65.8 Å². The number of nitrogens with zero attached hydrogens (tertiary/aromatic N) is 4. The first-order valence-corrected chi connectivity index (χ1v) is 11.7. The van der Waals surface area contributed by atoms with E-state index in [1.54, 1.807) is 0 Å². The maximum Gasteiger partial charge on any atom is 0.233 e. The predicted octanol–water partition coefficient (Wildman–Crippen LogP) is 5.19. The van der Waals surface area contributed by atoms with E-state index in [0.717, 1.165) is 38.7 Å². The van der Waals surface area contributed by atoms with Crippen molar-refractivity contribution in [2.75, 3.05) is 0 Å². The SMILES string of the molecule is CCn1c(SC(C)C(=O)NC(C)C)nnc1-c1cc(-c2ccccc2)nc2ccccc12. The Morgan fingerprint density at radius 3 is 2.47 bits per heavy atom. The van der Waals surface area contributed by atoms with Crippen LogP contribution in [-0.2, 0) is 11.3 Å². The molecule has 6 nitrogen and oxygen atoms in total. The number of amides is 1. The van der Waals surface area contributed by atoms with E-state index in [2.05, 4.69) is 51.3 Å². The quantitative estimate of drug-likeness (QED) is 0.397. The van der Waals surface area contributed by atoms with Crippen molar-refractivity contribution in [2.45, 2.75) is 50.7 Å². The lowest BCUT2D eigenvalue weighted by molar-refractivity contribution is -0.120. The minimum atomic E-state index is -0.270. The molecule has 0 saturated carbocycles. The molecule has 2 aromatic carbocycles. The topological polar surface area (TPSA) is 72.7 Å². The van der Waals surface area contributed by atoms with Crippen molar-refractivity contribution in [3.8, 4) is 22.6 Å². The van der Waals surface area contributed by atoms with E-state index >= 15 is 0 Å². The molecule has 0 aliphatic rings. The highest BCUT2D eigenvalue weighted by Crippen LogP contribution is 2.33. The first-order valence-electron chi connectivity index (χ1n) is 10.8. The van der Waals surface area contributed by atoms with Gasteiger partial charge < -0.3 is 9.88 Å². The van der Waals surface area contributed by atoms with Gasteiger partial charge in [0.15, 0.2) is 11.0 Å². The van der Waals surface area contributed by atoms with Crippen molar-refractivity contribution in [2.24, 2.45) is 0 Å². The average Bonchev–Trinajstić information content (AvgIpc) is 3.20. The fourth-order valence-corrected chi connectivity index (χ4v) is 4.51. The van der Waals surface area contributed by atoms with Crippen molar-refractivity contribution in [3.05, 3.63) is 60.7 Å². The van der Waals surface area contributed by atoms with E-state index in [4.69, 9.17) is 4.98 Å². The van der Waals surface area contributed by atoms with E-state index in [-0.39, 0.29) is 17.2 Å². The van der Waals surface area contributed by atoms with Gasteiger partial charge in [0, 0.05) is 29.1 Å². The van der Waals surface area contributed by atoms with Crippen LogP contribution in [0.2, 0.25) is 0 Å². The van der Waals surface area contributed by atoms with Crippen molar-refractivity contribution in [1.29, 1.82) is 0 Å². The fraction of sp³-hybridized carbons (Fsp3) is 0.280. The van der Waals surface area contributed by atoms with Gasteiger partial charge in [0.05, 0.1) is 16.5 Å². The van der Waals surface area contributed by atoms with Crippen LogP contribution in [0.1, 0.15) is 27.7 Å². The van der Waals surface area contributed by atoms with Crippen LogP contribution in [-0.4, -0.2) is 36.9 Å². The van der Waals surface area contributed by atoms with Crippen molar-refractivity contribution in [3.63, 3.8) is 0 Å². The number of benzene rings is 2. The Kier molecular flexibility index (Phi) is 6.55. The fourth-order valence-electron chi connectivity index (χ4n) is 3.59. The second-order valence-corrected chi connectivity index (χ2v) is 9.22. The maximum atomic E-state index is 12.4. The number of rotatable bonds is 7. The third-order valence-electron chi connectivity index (χ3n) is 5.14. The van der Waals surface area contributed by atoms with Crippen LogP contribution < -0.4 is 5.32 Å². The monoisotopic (exact) mass is 445 g/mol. The molecule has 1 unspecified atom stereocenters. The minimum absolute atomic E-state index is 0.00192. The molecule has 164 valence electrons. The van der Waals surface area contributed by atoms with Gasteiger partial charge >= 0.3 is 0 Å². The number of aromatic nitrogens is 4. The Morgan fingerprint density at radius 2 is 1.75 bits per heavy atom. The zero-order chi connectivity index (χ0) is 22.7. The van der Waals surface area contributed by atoms with Gasteiger partial charge in [-0.25, -0.2) is 4.98 Å². The van der Waals surface area contributed by atoms with Crippen molar-refractivity contribution in [1.82, 2.24) is 25.1 Å². The highest BCUT2D eigenvalue weighted by molar-refractivity contribution is 8.00. The molecule has 4 rings (SSSR count). The molecule has 0 saturated heterocycles. The molecule has 4 aromatic rings. The Labute approximate surface area is 192 Å². The van der Waals surface area contributed by atoms with Gasteiger partial charge in [-0.15, -0.1) is 10.2 Å². The molecule has 2 aromatic heterocycles. The summed E-state index contributed by atoms with van der Waals surface area (Å²) >= 11 is 1.43. The molecule has 2 heterocycles. The highest BCUT2D eigenvalue weighted by atomic mass is 32.2. The number of hydrogen-bond acceptors (Lipinski definition) is 5. The Morgan fingerprint density at radius 1 is 1.03 bits per heavy atom.